The summed E-state index contributed by atoms with van der Waals surface area (Å²) in [6, 6.07) is 4.27. The molecular weight excluding hydrogens is 397 g/mol. The average molecular weight is 418 g/mol. The summed E-state index contributed by atoms with van der Waals surface area (Å²) in [6.07, 6.45) is 4.82. The number of carbonyl (C=O) groups excluding carboxylic acids is 1. The highest BCUT2D eigenvalue weighted by atomic mass is 35.5. The fraction of sp³-hybridized carbons (Fsp3) is 0.300. The molecule has 9 heteroatoms. The summed E-state index contributed by atoms with van der Waals surface area (Å²) in [6.45, 7) is 3.71. The van der Waals surface area contributed by atoms with Crippen molar-refractivity contribution < 1.29 is 14.3 Å². The average Bonchev–Trinajstić information content (AvgIpc) is 3.11. The van der Waals surface area contributed by atoms with Crippen LogP contribution in [0.3, 0.4) is 0 Å². The lowest BCUT2D eigenvalue weighted by molar-refractivity contribution is -0.0931. The Hall–Kier alpha value is -2.68. The van der Waals surface area contributed by atoms with Gasteiger partial charge in [-0.2, -0.15) is 0 Å². The van der Waals surface area contributed by atoms with Crippen LogP contribution in [0.25, 0.3) is 5.65 Å². The van der Waals surface area contributed by atoms with Crippen molar-refractivity contribution in [3.63, 3.8) is 0 Å². The van der Waals surface area contributed by atoms with Crippen molar-refractivity contribution in [2.45, 2.75) is 25.5 Å². The zero-order chi connectivity index (χ0) is 20.9. The maximum atomic E-state index is 14.4. The van der Waals surface area contributed by atoms with Crippen LogP contribution in [0.4, 0.5) is 15.8 Å². The van der Waals surface area contributed by atoms with E-state index in [2.05, 4.69) is 10.3 Å². The second kappa shape index (κ2) is 6.98. The van der Waals surface area contributed by atoms with Crippen LogP contribution in [0.1, 0.15) is 22.8 Å². The third-order valence-corrected chi connectivity index (χ3v) is 5.66. The van der Waals surface area contributed by atoms with Crippen LogP contribution in [-0.4, -0.2) is 50.0 Å². The molecule has 3 heterocycles. The molecule has 1 atom stereocenters. The third-order valence-electron chi connectivity index (χ3n) is 5.30. The first kappa shape index (κ1) is 19.6. The number of nitrogens with zero attached hydrogens (tertiary/aromatic N) is 3. The molecule has 2 aromatic heterocycles. The zero-order valence-electron chi connectivity index (χ0n) is 16.0. The molecule has 1 unspecified atom stereocenters. The molecule has 1 amide bonds. The molecule has 1 aliphatic rings. The summed E-state index contributed by atoms with van der Waals surface area (Å²) in [5.74, 6) is -0.805. The molecule has 29 heavy (non-hydrogen) atoms. The number of fused-ring (bicyclic) bond motifs is 1. The van der Waals surface area contributed by atoms with Crippen molar-refractivity contribution in [2.24, 2.45) is 5.73 Å². The van der Waals surface area contributed by atoms with Gasteiger partial charge in [-0.05, 0) is 31.5 Å². The van der Waals surface area contributed by atoms with Crippen molar-refractivity contribution in [1.82, 2.24) is 14.3 Å². The van der Waals surface area contributed by atoms with Crippen molar-refractivity contribution in [3.05, 3.63) is 58.8 Å². The van der Waals surface area contributed by atoms with Gasteiger partial charge in [0.1, 0.15) is 16.4 Å². The summed E-state index contributed by atoms with van der Waals surface area (Å²) in [7, 11) is 0. The van der Waals surface area contributed by atoms with Gasteiger partial charge in [-0.3, -0.25) is 4.79 Å². The molecule has 1 saturated heterocycles. The van der Waals surface area contributed by atoms with Crippen molar-refractivity contribution in [2.75, 3.05) is 18.4 Å². The molecule has 0 bridgehead atoms. The van der Waals surface area contributed by atoms with Gasteiger partial charge in [0.05, 0.1) is 30.0 Å². The highest BCUT2D eigenvalue weighted by Gasteiger charge is 2.47. The van der Waals surface area contributed by atoms with Gasteiger partial charge in [0.15, 0.2) is 5.65 Å². The number of pyridine rings is 1. The zero-order valence-corrected chi connectivity index (χ0v) is 16.7. The Morgan fingerprint density at radius 3 is 2.83 bits per heavy atom. The summed E-state index contributed by atoms with van der Waals surface area (Å²) >= 11 is 6.53. The first-order chi connectivity index (χ1) is 13.7. The summed E-state index contributed by atoms with van der Waals surface area (Å²) in [5.41, 5.74) is 6.59. The molecule has 7 nitrogen and oxygen atoms in total. The van der Waals surface area contributed by atoms with Gasteiger partial charge in [-0.1, -0.05) is 17.7 Å². The number of hydrogen-bond acceptors (Lipinski definition) is 5. The van der Waals surface area contributed by atoms with Gasteiger partial charge in [-0.15, -0.1) is 0 Å². The van der Waals surface area contributed by atoms with E-state index in [1.54, 1.807) is 49.0 Å². The Kier molecular flexibility index (Phi) is 4.72. The number of benzene rings is 1. The highest BCUT2D eigenvalue weighted by molar-refractivity contribution is 6.37. The van der Waals surface area contributed by atoms with Crippen LogP contribution < -0.4 is 11.1 Å². The number of aliphatic hydroxyl groups is 1. The van der Waals surface area contributed by atoms with E-state index in [-0.39, 0.29) is 41.0 Å². The number of β-amino-alcohol motifs (C(OH)–C–C–N with tert-alkyl or cyclic N) is 1. The van der Waals surface area contributed by atoms with Gasteiger partial charge in [-0.25, -0.2) is 9.37 Å². The Bertz CT molecular complexity index is 1110. The third kappa shape index (κ3) is 3.33. The van der Waals surface area contributed by atoms with E-state index in [0.717, 1.165) is 5.56 Å². The van der Waals surface area contributed by atoms with Crippen LogP contribution in [0.5, 0.6) is 0 Å². The first-order valence-corrected chi connectivity index (χ1v) is 9.53. The molecule has 1 aliphatic heterocycles. The number of nitrogens with two attached hydrogens (primary N) is 1. The molecule has 0 saturated carbocycles. The smallest absolute Gasteiger partial charge is 0.257 e. The normalized spacial score (nSPS) is 16.6. The Balaban J connectivity index is 1.75. The highest BCUT2D eigenvalue weighted by Crippen LogP contribution is 2.35. The molecule has 152 valence electrons. The summed E-state index contributed by atoms with van der Waals surface area (Å²) in [4.78, 5) is 18.8. The minimum Gasteiger partial charge on any atom is -0.385 e. The molecule has 4 rings (SSSR count). The fourth-order valence-corrected chi connectivity index (χ4v) is 3.67. The second-order valence-electron chi connectivity index (χ2n) is 7.55. The Morgan fingerprint density at radius 1 is 1.45 bits per heavy atom. The molecule has 0 spiro atoms. The maximum Gasteiger partial charge on any atom is 0.257 e. The lowest BCUT2D eigenvalue weighted by Gasteiger charge is -2.48. The number of carbonyl (C=O) groups is 1. The molecule has 3 aromatic rings. The number of aryl methyl sites for hydroxylation is 1. The number of hydrogen-bond donors (Lipinski definition) is 3. The second-order valence-corrected chi connectivity index (χ2v) is 7.93. The van der Waals surface area contributed by atoms with Crippen LogP contribution in [-0.2, 0) is 0 Å². The number of rotatable bonds is 4. The van der Waals surface area contributed by atoms with E-state index in [1.165, 1.54) is 11.0 Å². The monoisotopic (exact) mass is 417 g/mol. The van der Waals surface area contributed by atoms with Gasteiger partial charge >= 0.3 is 0 Å². The number of likely N-dealkylation sites (tertiary alicyclic amines) is 1. The number of halogens is 2. The largest absolute Gasteiger partial charge is 0.385 e. The Morgan fingerprint density at radius 2 is 2.17 bits per heavy atom. The van der Waals surface area contributed by atoms with Crippen LogP contribution in [0.15, 0.2) is 36.8 Å². The van der Waals surface area contributed by atoms with Crippen LogP contribution in [0, 0.1) is 12.7 Å². The van der Waals surface area contributed by atoms with Crippen molar-refractivity contribution in [1.29, 1.82) is 0 Å². The van der Waals surface area contributed by atoms with E-state index in [1.807, 2.05) is 0 Å². The summed E-state index contributed by atoms with van der Waals surface area (Å²) in [5, 5.41) is 13.5. The summed E-state index contributed by atoms with van der Waals surface area (Å²) < 4.78 is 16.0. The number of amides is 1. The van der Waals surface area contributed by atoms with Gasteiger partial charge in [0.2, 0.25) is 0 Å². The number of nitrogens with one attached hydrogen (secondary N) is 1. The van der Waals surface area contributed by atoms with Crippen molar-refractivity contribution in [3.8, 4) is 0 Å². The minimum absolute atomic E-state index is 0.113. The minimum atomic E-state index is -1.12. The van der Waals surface area contributed by atoms with Gasteiger partial charge < -0.3 is 25.5 Å². The topological polar surface area (TPSA) is 95.9 Å². The molecule has 1 fully saturated rings. The van der Waals surface area contributed by atoms with E-state index in [9.17, 15) is 14.3 Å². The maximum absolute atomic E-state index is 14.4. The lowest BCUT2D eigenvalue weighted by Crippen LogP contribution is -2.70. The predicted octanol–water partition coefficient (Wildman–Crippen LogP) is 2.71. The molecule has 0 radical (unpaired) electrons. The first-order valence-electron chi connectivity index (χ1n) is 9.15. The molecule has 0 aliphatic carbocycles. The van der Waals surface area contributed by atoms with Gasteiger partial charge in [0, 0.05) is 24.6 Å². The van der Waals surface area contributed by atoms with E-state index < -0.39 is 17.5 Å². The molecular formula is C20H21ClFN5O2. The predicted molar refractivity (Wildman–Crippen MR) is 109 cm³/mol. The van der Waals surface area contributed by atoms with E-state index >= 15 is 0 Å². The number of aromatic nitrogens is 2. The van der Waals surface area contributed by atoms with E-state index in [4.69, 9.17) is 17.3 Å². The lowest BCUT2D eigenvalue weighted by atomic mass is 9.87. The SMILES string of the molecule is Cc1ccc(Nc2c(C(=O)N3CC(O)(C(C)N)C3)cn3ccnc3c2Cl)c(F)c1. The van der Waals surface area contributed by atoms with Crippen LogP contribution >= 0.6 is 11.6 Å². The van der Waals surface area contributed by atoms with Gasteiger partial charge in [0.25, 0.3) is 5.91 Å². The molecule has 4 N–H and O–H groups in total. The number of imidazole rings is 1. The fourth-order valence-electron chi connectivity index (χ4n) is 3.38. The van der Waals surface area contributed by atoms with E-state index in [0.29, 0.717) is 5.65 Å². The Labute approximate surface area is 171 Å². The molecule has 1 aromatic carbocycles. The quantitative estimate of drug-likeness (QED) is 0.606. The van der Waals surface area contributed by atoms with Crippen LogP contribution in [0.2, 0.25) is 5.02 Å². The number of anilines is 2. The standard InChI is InChI=1S/C20H21ClFN5O2/c1-11-3-4-15(14(22)7-11)25-17-13(8-26-6-5-24-18(26)16(17)21)19(28)27-9-20(29,10-27)12(2)23/h3-8,12,25,29H,9-10,23H2,1-2H3. The van der Waals surface area contributed by atoms with Crippen molar-refractivity contribution >= 4 is 34.5 Å².